The van der Waals surface area contributed by atoms with E-state index in [-0.39, 0.29) is 27.7 Å². The molecule has 0 saturated carbocycles. The molecule has 6 nitrogen and oxygen atoms in total. The molecule has 3 aromatic carbocycles. The highest BCUT2D eigenvalue weighted by molar-refractivity contribution is 7.92. The molecule has 0 aromatic heterocycles. The van der Waals surface area contributed by atoms with Crippen LogP contribution in [0.1, 0.15) is 21.5 Å². The van der Waals surface area contributed by atoms with Crippen LogP contribution in [0.5, 0.6) is 0 Å². The fourth-order valence-electron chi connectivity index (χ4n) is 3.00. The second kappa shape index (κ2) is 9.88. The summed E-state index contributed by atoms with van der Waals surface area (Å²) in [6.07, 6.45) is -3.64. The van der Waals surface area contributed by atoms with Crippen LogP contribution in [0, 0.1) is 11.2 Å². The predicted octanol–water partition coefficient (Wildman–Crippen LogP) is 6.10. The lowest BCUT2D eigenvalue weighted by Crippen LogP contribution is -2.18. The molecule has 1 amide bonds. The number of benzene rings is 3. The third kappa shape index (κ3) is 5.87. The molecule has 0 aliphatic heterocycles. The second-order valence-electron chi connectivity index (χ2n) is 7.06. The Bertz CT molecular complexity index is 1420. The lowest BCUT2D eigenvalue weighted by Gasteiger charge is -2.16. The van der Waals surface area contributed by atoms with Crippen LogP contribution in [-0.4, -0.2) is 20.0 Å². The maximum atomic E-state index is 14.1. The maximum Gasteiger partial charge on any atom is 0.416 e. The third-order valence-electron chi connectivity index (χ3n) is 4.68. The first-order chi connectivity index (χ1) is 16.3. The number of hydrogen-bond acceptors (Lipinski definition) is 4. The minimum Gasteiger partial charge on any atom is -0.322 e. The van der Waals surface area contributed by atoms with E-state index >= 15 is 0 Å². The molecule has 0 bridgehead atoms. The topological polar surface area (TPSA) is 99.1 Å². The standard InChI is InChI=1S/C23H16ClF4N3O3S/c1-2-19(29)16-10-9-14(30-22(32)21-17(24)7-4-8-18(21)25)12-20(16)31-35(33,34)15-6-3-5-13(11-15)23(26,27)28/h2-12,29,31H,1H2,(H,30,32). The highest BCUT2D eigenvalue weighted by Crippen LogP contribution is 2.32. The highest BCUT2D eigenvalue weighted by atomic mass is 35.5. The zero-order valence-electron chi connectivity index (χ0n) is 17.6. The number of allylic oxidation sites excluding steroid dienone is 1. The fraction of sp³-hybridized carbons (Fsp3) is 0.0435. The van der Waals surface area contributed by atoms with E-state index in [2.05, 4.69) is 16.6 Å². The van der Waals surface area contributed by atoms with Crippen LogP contribution >= 0.6 is 11.6 Å². The minimum absolute atomic E-state index is 0.00308. The number of sulfonamides is 1. The van der Waals surface area contributed by atoms with Gasteiger partial charge in [0.2, 0.25) is 0 Å². The van der Waals surface area contributed by atoms with Crippen LogP contribution in [0.4, 0.5) is 28.9 Å². The number of nitrogens with one attached hydrogen (secondary N) is 3. The van der Waals surface area contributed by atoms with Crippen LogP contribution in [0.25, 0.3) is 0 Å². The number of alkyl halides is 3. The quantitative estimate of drug-likeness (QED) is 0.256. The molecule has 3 aromatic rings. The van der Waals surface area contributed by atoms with Crippen LogP contribution in [0.3, 0.4) is 0 Å². The molecule has 0 atom stereocenters. The predicted molar refractivity (Wildman–Crippen MR) is 125 cm³/mol. The Hall–Kier alpha value is -3.70. The summed E-state index contributed by atoms with van der Waals surface area (Å²) in [5, 5.41) is 10.2. The first-order valence-electron chi connectivity index (χ1n) is 9.64. The Balaban J connectivity index is 2.00. The molecule has 12 heteroatoms. The van der Waals surface area contributed by atoms with Gasteiger partial charge < -0.3 is 10.7 Å². The van der Waals surface area contributed by atoms with Crippen molar-refractivity contribution < 1.29 is 30.8 Å². The van der Waals surface area contributed by atoms with Gasteiger partial charge in [0.05, 0.1) is 32.4 Å². The van der Waals surface area contributed by atoms with E-state index in [4.69, 9.17) is 17.0 Å². The van der Waals surface area contributed by atoms with Crippen molar-refractivity contribution in [3.05, 3.63) is 101 Å². The first-order valence-corrected chi connectivity index (χ1v) is 11.5. The Morgan fingerprint density at radius 2 is 1.74 bits per heavy atom. The third-order valence-corrected chi connectivity index (χ3v) is 6.36. The van der Waals surface area contributed by atoms with Crippen molar-refractivity contribution in [1.29, 1.82) is 5.41 Å². The molecule has 0 aliphatic rings. The number of halogens is 5. The molecule has 0 unspecified atom stereocenters. The van der Waals surface area contributed by atoms with Gasteiger partial charge in [-0.15, -0.1) is 0 Å². The molecule has 182 valence electrons. The van der Waals surface area contributed by atoms with Gasteiger partial charge in [-0.25, -0.2) is 12.8 Å². The van der Waals surface area contributed by atoms with Gasteiger partial charge in [-0.3, -0.25) is 9.52 Å². The lowest BCUT2D eigenvalue weighted by atomic mass is 10.1. The fourth-order valence-corrected chi connectivity index (χ4v) is 4.37. The summed E-state index contributed by atoms with van der Waals surface area (Å²) in [6.45, 7) is 3.45. The van der Waals surface area contributed by atoms with E-state index in [1.54, 1.807) is 0 Å². The van der Waals surface area contributed by atoms with Crippen molar-refractivity contribution in [3.8, 4) is 0 Å². The average molecular weight is 526 g/mol. The number of carbonyl (C=O) groups excluding carboxylic acids is 1. The molecule has 0 fully saturated rings. The number of hydrogen-bond donors (Lipinski definition) is 3. The molecular formula is C23H16ClF4N3O3S. The van der Waals surface area contributed by atoms with Gasteiger partial charge in [0.25, 0.3) is 15.9 Å². The molecule has 0 radical (unpaired) electrons. The summed E-state index contributed by atoms with van der Waals surface area (Å²) in [6, 6.07) is 10.5. The summed E-state index contributed by atoms with van der Waals surface area (Å²) in [7, 11) is -4.55. The first kappa shape index (κ1) is 25.9. The lowest BCUT2D eigenvalue weighted by molar-refractivity contribution is -0.137. The smallest absolute Gasteiger partial charge is 0.322 e. The van der Waals surface area contributed by atoms with Gasteiger partial charge in [0.1, 0.15) is 5.82 Å². The number of amides is 1. The van der Waals surface area contributed by atoms with E-state index in [0.717, 1.165) is 36.4 Å². The summed E-state index contributed by atoms with van der Waals surface area (Å²) in [4.78, 5) is 11.9. The van der Waals surface area contributed by atoms with Crippen molar-refractivity contribution in [2.75, 3.05) is 10.0 Å². The van der Waals surface area contributed by atoms with Crippen LogP contribution in [0.2, 0.25) is 5.02 Å². The Labute approximate surface area is 202 Å². The summed E-state index contributed by atoms with van der Waals surface area (Å²) in [5.41, 5.74) is -2.02. The average Bonchev–Trinajstić information content (AvgIpc) is 2.78. The van der Waals surface area contributed by atoms with E-state index in [1.165, 1.54) is 24.3 Å². The van der Waals surface area contributed by atoms with Crippen molar-refractivity contribution in [3.63, 3.8) is 0 Å². The molecule has 3 N–H and O–H groups in total. The number of rotatable bonds is 7. The second-order valence-corrected chi connectivity index (χ2v) is 9.15. The van der Waals surface area contributed by atoms with Gasteiger partial charge in [-0.1, -0.05) is 30.3 Å². The van der Waals surface area contributed by atoms with Crippen LogP contribution in [-0.2, 0) is 16.2 Å². The van der Waals surface area contributed by atoms with Gasteiger partial charge in [0.15, 0.2) is 0 Å². The van der Waals surface area contributed by atoms with E-state index in [0.29, 0.717) is 6.07 Å². The SMILES string of the molecule is C=CC(=N)c1ccc(NC(=O)c2c(F)cccc2Cl)cc1NS(=O)(=O)c1cccc(C(F)(F)F)c1. The number of anilines is 2. The molecule has 0 aliphatic carbocycles. The van der Waals surface area contributed by atoms with E-state index < -0.39 is 43.9 Å². The molecule has 0 spiro atoms. The van der Waals surface area contributed by atoms with Crippen molar-refractivity contribution in [2.24, 2.45) is 0 Å². The van der Waals surface area contributed by atoms with Gasteiger partial charge in [-0.2, -0.15) is 13.2 Å². The summed E-state index contributed by atoms with van der Waals surface area (Å²) < 4.78 is 81.0. The van der Waals surface area contributed by atoms with Crippen molar-refractivity contribution in [1.82, 2.24) is 0 Å². The Kier molecular flexibility index (Phi) is 7.32. The largest absolute Gasteiger partial charge is 0.416 e. The monoisotopic (exact) mass is 525 g/mol. The molecule has 3 rings (SSSR count). The summed E-state index contributed by atoms with van der Waals surface area (Å²) >= 11 is 5.90. The zero-order chi connectivity index (χ0) is 26.0. The Morgan fingerprint density at radius 1 is 1.06 bits per heavy atom. The van der Waals surface area contributed by atoms with Gasteiger partial charge in [0, 0.05) is 11.3 Å². The van der Waals surface area contributed by atoms with Crippen LogP contribution in [0.15, 0.2) is 78.2 Å². The van der Waals surface area contributed by atoms with Gasteiger partial charge in [-0.05, 0) is 54.6 Å². The summed E-state index contributed by atoms with van der Waals surface area (Å²) in [5.74, 6) is -1.81. The Morgan fingerprint density at radius 3 is 2.37 bits per heavy atom. The zero-order valence-corrected chi connectivity index (χ0v) is 19.2. The van der Waals surface area contributed by atoms with E-state index in [1.807, 2.05) is 0 Å². The molecule has 35 heavy (non-hydrogen) atoms. The molecular weight excluding hydrogens is 510 g/mol. The minimum atomic E-state index is -4.76. The highest BCUT2D eigenvalue weighted by Gasteiger charge is 2.32. The number of carbonyl (C=O) groups is 1. The van der Waals surface area contributed by atoms with Gasteiger partial charge >= 0.3 is 6.18 Å². The van der Waals surface area contributed by atoms with Crippen molar-refractivity contribution >= 4 is 44.6 Å². The van der Waals surface area contributed by atoms with Crippen molar-refractivity contribution in [2.45, 2.75) is 11.1 Å². The molecule has 0 saturated heterocycles. The normalized spacial score (nSPS) is 11.6. The van der Waals surface area contributed by atoms with E-state index in [9.17, 15) is 30.8 Å². The maximum absolute atomic E-state index is 14.1. The molecule has 0 heterocycles. The van der Waals surface area contributed by atoms with Crippen LogP contribution < -0.4 is 10.0 Å².